The highest BCUT2D eigenvalue weighted by Crippen LogP contribution is 2.25. The van der Waals surface area contributed by atoms with Crippen molar-refractivity contribution in [2.24, 2.45) is 0 Å². The van der Waals surface area contributed by atoms with Crippen molar-refractivity contribution in [1.29, 1.82) is 0 Å². The number of anilines is 2. The zero-order valence-corrected chi connectivity index (χ0v) is 20.2. The van der Waals surface area contributed by atoms with Crippen molar-refractivity contribution in [3.8, 4) is 0 Å². The van der Waals surface area contributed by atoms with Gasteiger partial charge in [0.15, 0.2) is 5.16 Å². The summed E-state index contributed by atoms with van der Waals surface area (Å²) >= 11 is 1.07. The topological polar surface area (TPSA) is 150 Å². The lowest BCUT2D eigenvalue weighted by Crippen LogP contribution is -2.35. The zero-order valence-electron chi connectivity index (χ0n) is 18.6. The van der Waals surface area contributed by atoms with Gasteiger partial charge in [0.05, 0.1) is 17.3 Å². The average molecular weight is 497 g/mol. The van der Waals surface area contributed by atoms with E-state index in [1.165, 1.54) is 21.0 Å². The van der Waals surface area contributed by atoms with Crippen molar-refractivity contribution < 1.29 is 22.7 Å². The van der Waals surface area contributed by atoms with E-state index in [1.807, 2.05) is 0 Å². The summed E-state index contributed by atoms with van der Waals surface area (Å²) in [7, 11) is -3.54. The normalized spacial score (nSPS) is 15.7. The van der Waals surface area contributed by atoms with E-state index in [4.69, 9.17) is 10.5 Å². The first-order valence-corrected chi connectivity index (χ1v) is 13.1. The van der Waals surface area contributed by atoms with Crippen LogP contribution in [-0.2, 0) is 24.3 Å². The molecular formula is C20H28N6O5S2. The number of nitrogens with zero attached hydrogens (tertiary/aromatic N) is 4. The molecule has 1 amide bonds. The van der Waals surface area contributed by atoms with Crippen molar-refractivity contribution >= 4 is 45.3 Å². The lowest BCUT2D eigenvalue weighted by Gasteiger charge is -2.25. The number of carbonyl (C=O) groups excluding carboxylic acids is 2. The standard InChI is InChI=1S/C20H28N6O5S2/c1-3-31-17(27)13-32-20-24-23-19(21)26(20)14(2)18(28)22-15-7-9-16(10-8-15)33(29,30)25-11-5-4-6-12-25/h7-10,14H,3-6,11-13H2,1-2H3,(H2,21,23)(H,22,28). The molecule has 0 spiro atoms. The Morgan fingerprint density at radius 2 is 1.85 bits per heavy atom. The minimum Gasteiger partial charge on any atom is -0.465 e. The van der Waals surface area contributed by atoms with Gasteiger partial charge in [0.2, 0.25) is 21.9 Å². The molecular weight excluding hydrogens is 468 g/mol. The van der Waals surface area contributed by atoms with Gasteiger partial charge in [0, 0.05) is 18.8 Å². The summed E-state index contributed by atoms with van der Waals surface area (Å²) in [6.45, 7) is 4.65. The Morgan fingerprint density at radius 3 is 2.48 bits per heavy atom. The summed E-state index contributed by atoms with van der Waals surface area (Å²) in [5.74, 6) is -0.766. The largest absolute Gasteiger partial charge is 0.465 e. The molecule has 1 aromatic carbocycles. The molecule has 0 aliphatic carbocycles. The predicted octanol–water partition coefficient (Wildman–Crippen LogP) is 1.89. The first-order valence-electron chi connectivity index (χ1n) is 10.6. The highest BCUT2D eigenvalue weighted by molar-refractivity contribution is 7.99. The third-order valence-electron chi connectivity index (χ3n) is 5.16. The molecule has 0 bridgehead atoms. The van der Waals surface area contributed by atoms with Crippen LogP contribution in [0.25, 0.3) is 0 Å². The minimum absolute atomic E-state index is 0.00721. The summed E-state index contributed by atoms with van der Waals surface area (Å²) in [5, 5.41) is 10.8. The number of nitrogens with one attached hydrogen (secondary N) is 1. The number of hydrogen-bond acceptors (Lipinski definition) is 9. The van der Waals surface area contributed by atoms with Crippen LogP contribution in [0.1, 0.15) is 39.2 Å². The van der Waals surface area contributed by atoms with Gasteiger partial charge in [0.25, 0.3) is 0 Å². The van der Waals surface area contributed by atoms with Gasteiger partial charge in [-0.05, 0) is 51.0 Å². The van der Waals surface area contributed by atoms with Crippen LogP contribution >= 0.6 is 11.8 Å². The van der Waals surface area contributed by atoms with Crippen molar-refractivity contribution in [2.75, 3.05) is 36.5 Å². The number of nitrogen functional groups attached to an aromatic ring is 1. The molecule has 0 radical (unpaired) electrons. The zero-order chi connectivity index (χ0) is 24.0. The Morgan fingerprint density at radius 1 is 1.18 bits per heavy atom. The fourth-order valence-electron chi connectivity index (χ4n) is 3.41. The SMILES string of the molecule is CCOC(=O)CSc1nnc(N)n1C(C)C(=O)Nc1ccc(S(=O)(=O)N2CCCCC2)cc1. The number of sulfonamides is 1. The Bertz CT molecular complexity index is 1080. The quantitative estimate of drug-likeness (QED) is 0.392. The van der Waals surface area contributed by atoms with Gasteiger partial charge in [-0.15, -0.1) is 10.2 Å². The summed E-state index contributed by atoms with van der Waals surface area (Å²) < 4.78 is 33.4. The van der Waals surface area contributed by atoms with E-state index in [-0.39, 0.29) is 23.2 Å². The second-order valence-electron chi connectivity index (χ2n) is 7.46. The summed E-state index contributed by atoms with van der Waals surface area (Å²) in [5.41, 5.74) is 6.33. The number of rotatable bonds is 9. The van der Waals surface area contributed by atoms with Gasteiger partial charge < -0.3 is 15.8 Å². The Hall–Kier alpha value is -2.64. The van der Waals surface area contributed by atoms with E-state index in [1.54, 1.807) is 26.0 Å². The highest BCUT2D eigenvalue weighted by atomic mass is 32.2. The maximum atomic E-state index is 12.8. The molecule has 1 aliphatic rings. The van der Waals surface area contributed by atoms with E-state index < -0.39 is 27.9 Å². The van der Waals surface area contributed by atoms with Gasteiger partial charge in [-0.1, -0.05) is 18.2 Å². The second kappa shape index (κ2) is 11.0. The Labute approximate surface area is 197 Å². The third kappa shape index (κ3) is 6.03. The number of hydrogen-bond donors (Lipinski definition) is 2. The Balaban J connectivity index is 1.67. The maximum absolute atomic E-state index is 12.8. The molecule has 1 saturated heterocycles. The second-order valence-corrected chi connectivity index (χ2v) is 10.3. The molecule has 1 aliphatic heterocycles. The molecule has 1 fully saturated rings. The van der Waals surface area contributed by atoms with E-state index in [2.05, 4.69) is 15.5 Å². The number of thioether (sulfide) groups is 1. The number of carbonyl (C=O) groups is 2. The van der Waals surface area contributed by atoms with E-state index in [0.717, 1.165) is 31.0 Å². The van der Waals surface area contributed by atoms with Crippen LogP contribution in [0.15, 0.2) is 34.3 Å². The lowest BCUT2D eigenvalue weighted by atomic mass is 10.2. The highest BCUT2D eigenvalue weighted by Gasteiger charge is 2.26. The van der Waals surface area contributed by atoms with Crippen LogP contribution in [0.2, 0.25) is 0 Å². The van der Waals surface area contributed by atoms with Crippen molar-refractivity contribution in [3.05, 3.63) is 24.3 Å². The Kier molecular flexibility index (Phi) is 8.32. The molecule has 2 heterocycles. The van der Waals surface area contributed by atoms with E-state index in [0.29, 0.717) is 23.9 Å². The van der Waals surface area contributed by atoms with Crippen LogP contribution < -0.4 is 11.1 Å². The number of esters is 1. The number of benzene rings is 1. The summed E-state index contributed by atoms with van der Waals surface area (Å²) in [6.07, 6.45) is 2.75. The molecule has 180 valence electrons. The average Bonchev–Trinajstić information content (AvgIpc) is 3.18. The maximum Gasteiger partial charge on any atom is 0.316 e. The molecule has 2 aromatic rings. The molecule has 13 heteroatoms. The molecule has 33 heavy (non-hydrogen) atoms. The van der Waals surface area contributed by atoms with Crippen molar-refractivity contribution in [2.45, 2.75) is 49.2 Å². The van der Waals surface area contributed by atoms with Crippen molar-refractivity contribution in [3.63, 3.8) is 0 Å². The molecule has 1 aromatic heterocycles. The molecule has 0 saturated carbocycles. The minimum atomic E-state index is -3.54. The monoisotopic (exact) mass is 496 g/mol. The van der Waals surface area contributed by atoms with Gasteiger partial charge in [-0.25, -0.2) is 8.42 Å². The number of nitrogens with two attached hydrogens (primary N) is 1. The molecule has 11 nitrogen and oxygen atoms in total. The fourth-order valence-corrected chi connectivity index (χ4v) is 5.74. The van der Waals surface area contributed by atoms with Crippen LogP contribution in [0.5, 0.6) is 0 Å². The van der Waals surface area contributed by atoms with E-state index >= 15 is 0 Å². The number of amides is 1. The first-order chi connectivity index (χ1) is 15.7. The molecule has 1 atom stereocenters. The van der Waals surface area contributed by atoms with Gasteiger partial charge in [-0.2, -0.15) is 4.31 Å². The summed E-state index contributed by atoms with van der Waals surface area (Å²) in [4.78, 5) is 24.6. The van der Waals surface area contributed by atoms with Crippen LogP contribution in [0, 0.1) is 0 Å². The molecule has 1 unspecified atom stereocenters. The fraction of sp³-hybridized carbons (Fsp3) is 0.500. The number of ether oxygens (including phenoxy) is 1. The lowest BCUT2D eigenvalue weighted by molar-refractivity contribution is -0.139. The molecule has 3 rings (SSSR count). The van der Waals surface area contributed by atoms with Crippen LogP contribution in [0.4, 0.5) is 11.6 Å². The molecule has 3 N–H and O–H groups in total. The van der Waals surface area contributed by atoms with Crippen molar-refractivity contribution in [1.82, 2.24) is 19.1 Å². The van der Waals surface area contributed by atoms with Gasteiger partial charge >= 0.3 is 5.97 Å². The first kappa shape index (κ1) is 25.0. The van der Waals surface area contributed by atoms with Crippen LogP contribution in [-0.4, -0.2) is 64.8 Å². The summed E-state index contributed by atoms with van der Waals surface area (Å²) in [6, 6.07) is 5.29. The van der Waals surface area contributed by atoms with Gasteiger partial charge in [0.1, 0.15) is 6.04 Å². The number of aromatic nitrogens is 3. The predicted molar refractivity (Wildman–Crippen MR) is 124 cm³/mol. The van der Waals surface area contributed by atoms with Crippen LogP contribution in [0.3, 0.4) is 0 Å². The third-order valence-corrected chi connectivity index (χ3v) is 7.99. The smallest absolute Gasteiger partial charge is 0.316 e. The van der Waals surface area contributed by atoms with E-state index in [9.17, 15) is 18.0 Å². The number of piperidine rings is 1. The van der Waals surface area contributed by atoms with Gasteiger partial charge in [-0.3, -0.25) is 14.2 Å².